The van der Waals surface area contributed by atoms with Crippen LogP contribution in [0.4, 0.5) is 5.69 Å². The van der Waals surface area contributed by atoms with Gasteiger partial charge in [0.05, 0.1) is 17.6 Å². The molecule has 0 fully saturated rings. The van der Waals surface area contributed by atoms with Gasteiger partial charge in [-0.05, 0) is 43.2 Å². The van der Waals surface area contributed by atoms with Gasteiger partial charge in [0, 0.05) is 30.0 Å². The van der Waals surface area contributed by atoms with Gasteiger partial charge in [0.25, 0.3) is 11.5 Å². The van der Waals surface area contributed by atoms with Crippen molar-refractivity contribution < 1.29 is 9.53 Å². The number of pyridine rings is 2. The van der Waals surface area contributed by atoms with Crippen LogP contribution in [0.15, 0.2) is 53.5 Å². The molecule has 0 unspecified atom stereocenters. The van der Waals surface area contributed by atoms with E-state index in [1.165, 1.54) is 10.6 Å². The summed E-state index contributed by atoms with van der Waals surface area (Å²) in [5.41, 5.74) is 3.65. The Morgan fingerprint density at radius 3 is 2.75 bits per heavy atom. The van der Waals surface area contributed by atoms with E-state index in [-0.39, 0.29) is 18.1 Å². The minimum absolute atomic E-state index is 0.197. The second-order valence-electron chi connectivity index (χ2n) is 7.52. The van der Waals surface area contributed by atoms with Gasteiger partial charge in [0.15, 0.2) is 12.3 Å². The smallest absolute Gasteiger partial charge is 0.262 e. The molecular weight excluding hydrogens is 430 g/mol. The SMILES string of the molecule is Cc1cc(C)c2c(OCC(=O)Nc3ccc(=O)n(Cc4ccccc4Cl)c3)nn(C)c2n1. The lowest BCUT2D eigenvalue weighted by molar-refractivity contribution is -0.118. The van der Waals surface area contributed by atoms with Crippen molar-refractivity contribution >= 4 is 34.2 Å². The molecule has 0 atom stereocenters. The predicted molar refractivity (Wildman–Crippen MR) is 123 cm³/mol. The number of aromatic nitrogens is 4. The molecule has 9 heteroatoms. The number of hydrogen-bond donors (Lipinski definition) is 1. The van der Waals surface area contributed by atoms with Gasteiger partial charge in [-0.2, -0.15) is 0 Å². The first-order valence-electron chi connectivity index (χ1n) is 9.99. The number of carbonyl (C=O) groups is 1. The van der Waals surface area contributed by atoms with E-state index < -0.39 is 0 Å². The van der Waals surface area contributed by atoms with Crippen LogP contribution in [-0.4, -0.2) is 31.8 Å². The number of carbonyl (C=O) groups excluding carboxylic acids is 1. The largest absolute Gasteiger partial charge is 0.466 e. The quantitative estimate of drug-likeness (QED) is 0.484. The maximum absolute atomic E-state index is 12.5. The number of benzene rings is 1. The number of nitrogens with zero attached hydrogens (tertiary/aromatic N) is 4. The molecule has 0 bridgehead atoms. The maximum Gasteiger partial charge on any atom is 0.262 e. The second-order valence-corrected chi connectivity index (χ2v) is 7.93. The lowest BCUT2D eigenvalue weighted by Gasteiger charge is -2.11. The second kappa shape index (κ2) is 8.84. The van der Waals surface area contributed by atoms with Crippen LogP contribution < -0.4 is 15.6 Å². The van der Waals surface area contributed by atoms with Crippen molar-refractivity contribution in [2.24, 2.45) is 7.05 Å². The molecule has 0 saturated heterocycles. The number of nitrogens with one attached hydrogen (secondary N) is 1. The first kappa shape index (κ1) is 21.6. The number of fused-ring (bicyclic) bond motifs is 1. The number of anilines is 1. The molecule has 1 N–H and O–H groups in total. The molecule has 1 amide bonds. The van der Waals surface area contributed by atoms with Crippen LogP contribution in [-0.2, 0) is 18.4 Å². The summed E-state index contributed by atoms with van der Waals surface area (Å²) in [4.78, 5) is 29.2. The number of hydrogen-bond acceptors (Lipinski definition) is 5. The van der Waals surface area contributed by atoms with Crippen LogP contribution in [0, 0.1) is 13.8 Å². The third-order valence-corrected chi connectivity index (χ3v) is 5.36. The molecule has 0 saturated carbocycles. The Balaban J connectivity index is 1.47. The summed E-state index contributed by atoms with van der Waals surface area (Å²) in [6.07, 6.45) is 1.58. The molecule has 0 radical (unpaired) electrons. The van der Waals surface area contributed by atoms with E-state index in [2.05, 4.69) is 15.4 Å². The molecule has 0 aliphatic heterocycles. The summed E-state index contributed by atoms with van der Waals surface area (Å²) >= 11 is 6.20. The molecule has 3 aromatic heterocycles. The van der Waals surface area contributed by atoms with Gasteiger partial charge >= 0.3 is 0 Å². The van der Waals surface area contributed by atoms with Gasteiger partial charge in [-0.1, -0.05) is 29.8 Å². The highest BCUT2D eigenvalue weighted by atomic mass is 35.5. The summed E-state index contributed by atoms with van der Waals surface area (Å²) in [6.45, 7) is 3.93. The third-order valence-electron chi connectivity index (χ3n) is 4.99. The molecule has 32 heavy (non-hydrogen) atoms. The van der Waals surface area contributed by atoms with Crippen molar-refractivity contribution in [3.8, 4) is 5.88 Å². The minimum Gasteiger partial charge on any atom is -0.466 e. The van der Waals surface area contributed by atoms with Crippen LogP contribution in [0.1, 0.15) is 16.8 Å². The standard InChI is InChI=1S/C23H22ClN5O3/c1-14-10-15(2)25-22-21(14)23(27-28(22)3)32-13-19(30)26-17-8-9-20(31)29(12-17)11-16-6-4-5-7-18(16)24/h4-10,12H,11,13H2,1-3H3,(H,26,30). The fourth-order valence-electron chi connectivity index (χ4n) is 3.52. The summed E-state index contributed by atoms with van der Waals surface area (Å²) in [5, 5.41) is 8.45. The number of ether oxygens (including phenoxy) is 1. The Labute approximate surface area is 189 Å². The van der Waals surface area contributed by atoms with Crippen LogP contribution in [0.2, 0.25) is 5.02 Å². The monoisotopic (exact) mass is 451 g/mol. The predicted octanol–water partition coefficient (Wildman–Crippen LogP) is 3.47. The highest BCUT2D eigenvalue weighted by molar-refractivity contribution is 6.31. The highest BCUT2D eigenvalue weighted by Crippen LogP contribution is 2.27. The zero-order valence-electron chi connectivity index (χ0n) is 17.9. The fourth-order valence-corrected chi connectivity index (χ4v) is 3.72. The van der Waals surface area contributed by atoms with Gasteiger partial charge in [-0.15, -0.1) is 5.10 Å². The summed E-state index contributed by atoms with van der Waals surface area (Å²) in [6, 6.07) is 12.2. The summed E-state index contributed by atoms with van der Waals surface area (Å²) < 4.78 is 8.81. The lowest BCUT2D eigenvalue weighted by atomic mass is 10.2. The van der Waals surface area contributed by atoms with E-state index >= 15 is 0 Å². The Bertz CT molecular complexity index is 1380. The zero-order chi connectivity index (χ0) is 22.8. The zero-order valence-corrected chi connectivity index (χ0v) is 18.7. The molecule has 1 aromatic carbocycles. The normalized spacial score (nSPS) is 11.0. The molecule has 0 aliphatic carbocycles. The van der Waals surface area contributed by atoms with Gasteiger partial charge in [-0.25, -0.2) is 9.67 Å². The molecule has 164 valence electrons. The summed E-state index contributed by atoms with van der Waals surface area (Å²) in [7, 11) is 1.78. The number of amides is 1. The molecule has 3 heterocycles. The van der Waals surface area contributed by atoms with E-state index in [4.69, 9.17) is 16.3 Å². The van der Waals surface area contributed by atoms with Crippen molar-refractivity contribution in [3.05, 3.63) is 80.9 Å². The van der Waals surface area contributed by atoms with Crippen molar-refractivity contribution in [2.75, 3.05) is 11.9 Å². The van der Waals surface area contributed by atoms with E-state index in [0.717, 1.165) is 22.2 Å². The van der Waals surface area contributed by atoms with Crippen LogP contribution >= 0.6 is 11.6 Å². The summed E-state index contributed by atoms with van der Waals surface area (Å²) in [5.74, 6) is -0.0178. The van der Waals surface area contributed by atoms with Gasteiger partial charge in [-0.3, -0.25) is 9.59 Å². The average molecular weight is 452 g/mol. The molecular formula is C23H22ClN5O3. The van der Waals surface area contributed by atoms with Crippen LogP contribution in [0.3, 0.4) is 0 Å². The van der Waals surface area contributed by atoms with Gasteiger partial charge in [0.1, 0.15) is 0 Å². The van der Waals surface area contributed by atoms with Crippen molar-refractivity contribution in [2.45, 2.75) is 20.4 Å². The van der Waals surface area contributed by atoms with Crippen molar-refractivity contribution in [1.29, 1.82) is 0 Å². The van der Waals surface area contributed by atoms with Crippen molar-refractivity contribution in [1.82, 2.24) is 19.3 Å². The highest BCUT2D eigenvalue weighted by Gasteiger charge is 2.16. The molecule has 4 aromatic rings. The maximum atomic E-state index is 12.5. The van der Waals surface area contributed by atoms with Gasteiger partial charge in [0.2, 0.25) is 5.88 Å². The number of halogens is 1. The Kier molecular flexibility index (Phi) is 5.96. The lowest BCUT2D eigenvalue weighted by Crippen LogP contribution is -2.24. The van der Waals surface area contributed by atoms with Crippen molar-refractivity contribution in [3.63, 3.8) is 0 Å². The molecule has 0 spiro atoms. The Morgan fingerprint density at radius 1 is 1.19 bits per heavy atom. The molecule has 8 nitrogen and oxygen atoms in total. The Morgan fingerprint density at radius 2 is 1.97 bits per heavy atom. The molecule has 0 aliphatic rings. The van der Waals surface area contributed by atoms with E-state index in [0.29, 0.717) is 28.8 Å². The average Bonchev–Trinajstić information content (AvgIpc) is 3.06. The minimum atomic E-state index is -0.371. The van der Waals surface area contributed by atoms with Gasteiger partial charge < -0.3 is 14.6 Å². The first-order chi connectivity index (χ1) is 15.3. The Hall–Kier alpha value is -3.65. The van der Waals surface area contributed by atoms with Crippen LogP contribution in [0.25, 0.3) is 11.0 Å². The number of aryl methyl sites for hydroxylation is 3. The number of rotatable bonds is 6. The van der Waals surface area contributed by atoms with E-state index in [1.807, 2.05) is 38.1 Å². The van der Waals surface area contributed by atoms with E-state index in [1.54, 1.807) is 30.1 Å². The third kappa shape index (κ3) is 4.50. The first-order valence-corrected chi connectivity index (χ1v) is 10.4. The topological polar surface area (TPSA) is 91.0 Å². The fraction of sp³-hybridized carbons (Fsp3) is 0.217. The molecule has 4 rings (SSSR count). The van der Waals surface area contributed by atoms with E-state index in [9.17, 15) is 9.59 Å². The van der Waals surface area contributed by atoms with Crippen LogP contribution in [0.5, 0.6) is 5.88 Å².